The number of amides is 1. The van der Waals surface area contributed by atoms with E-state index >= 15 is 0 Å². The van der Waals surface area contributed by atoms with E-state index in [0.29, 0.717) is 0 Å². The van der Waals surface area contributed by atoms with Crippen LogP contribution in [-0.2, 0) is 35.0 Å². The molecule has 0 radical (unpaired) electrons. The quantitative estimate of drug-likeness (QED) is 0.458. The number of carbonyl (C=O) groups is 4. The van der Waals surface area contributed by atoms with Gasteiger partial charge in [0.25, 0.3) is 5.91 Å². The van der Waals surface area contributed by atoms with Gasteiger partial charge in [-0.3, -0.25) is 14.4 Å². The molecule has 0 aliphatic carbocycles. The first-order valence-corrected chi connectivity index (χ1v) is 11.6. The van der Waals surface area contributed by atoms with Crippen LogP contribution >= 0.6 is 11.5 Å². The molecule has 34 heavy (non-hydrogen) atoms. The first-order valence-electron chi connectivity index (χ1n) is 10.7. The Bertz CT molecular complexity index is 1040. The Morgan fingerprint density at radius 1 is 1.24 bits per heavy atom. The second-order valence-corrected chi connectivity index (χ2v) is 8.83. The van der Waals surface area contributed by atoms with Gasteiger partial charge in [-0.25, -0.2) is 4.79 Å². The largest absolute Gasteiger partial charge is 0.505 e. The Morgan fingerprint density at radius 2 is 1.94 bits per heavy atom. The summed E-state index contributed by atoms with van der Waals surface area (Å²) in [5.74, 6) is -4.73. The predicted molar refractivity (Wildman–Crippen MR) is 120 cm³/mol. The first-order chi connectivity index (χ1) is 16.2. The maximum Gasteiger partial charge on any atom is 0.332 e. The molecule has 0 bridgehead atoms. The maximum absolute atomic E-state index is 13.1. The first kappa shape index (κ1) is 25.2. The number of rotatable bonds is 6. The van der Waals surface area contributed by atoms with E-state index in [1.165, 1.54) is 12.3 Å². The van der Waals surface area contributed by atoms with E-state index in [4.69, 9.17) is 14.2 Å². The van der Waals surface area contributed by atoms with Crippen LogP contribution in [0.1, 0.15) is 36.8 Å². The van der Waals surface area contributed by atoms with Crippen LogP contribution in [0.3, 0.4) is 0 Å². The Balaban J connectivity index is 1.86. The highest BCUT2D eigenvalue weighted by molar-refractivity contribution is 7.04. The molecule has 1 aliphatic rings. The molecule has 0 spiro atoms. The minimum Gasteiger partial charge on any atom is -0.505 e. The molecule has 1 aromatic carbocycles. The molecule has 11 heteroatoms. The zero-order valence-electron chi connectivity index (χ0n) is 18.9. The van der Waals surface area contributed by atoms with E-state index in [1.807, 2.05) is 30.3 Å². The Morgan fingerprint density at radius 3 is 2.56 bits per heavy atom. The number of ether oxygens (including phenoxy) is 3. The number of cyclic esters (lactones) is 2. The third-order valence-electron chi connectivity index (χ3n) is 5.23. The molecule has 1 saturated heterocycles. The summed E-state index contributed by atoms with van der Waals surface area (Å²) in [6, 6.07) is 7.75. The standard InChI is InChI=1S/C23H26N2O8S/c1-12(2)21(28)33-19-13(3)32-23(30)16(24-20(27)18-17(26)11-34-25-18)10-31-22(29)15(19)9-14-7-5-4-6-8-14/h4-8,11-13,15-16,19,26H,9-10H2,1-3H3,(H,24,27)/t13-,15+,16-,19-/m0/s1. The van der Waals surface area contributed by atoms with Crippen molar-refractivity contribution >= 4 is 35.3 Å². The normalized spacial score (nSPS) is 23.2. The number of hydrogen-bond acceptors (Lipinski definition) is 10. The second-order valence-electron chi connectivity index (χ2n) is 8.20. The van der Waals surface area contributed by atoms with Crippen LogP contribution in [0.2, 0.25) is 0 Å². The fraction of sp³-hybridized carbons (Fsp3) is 0.435. The van der Waals surface area contributed by atoms with Crippen molar-refractivity contribution in [3.05, 3.63) is 47.0 Å². The van der Waals surface area contributed by atoms with Gasteiger partial charge < -0.3 is 24.6 Å². The van der Waals surface area contributed by atoms with Gasteiger partial charge in [-0.15, -0.1) is 0 Å². The highest BCUT2D eigenvalue weighted by atomic mass is 32.1. The lowest BCUT2D eigenvalue weighted by Gasteiger charge is -2.29. The topological polar surface area (TPSA) is 141 Å². The number of aromatic nitrogens is 1. The summed E-state index contributed by atoms with van der Waals surface area (Å²) in [5, 5.41) is 13.4. The van der Waals surface area contributed by atoms with E-state index in [9.17, 15) is 24.3 Å². The number of carbonyl (C=O) groups excluding carboxylic acids is 4. The van der Waals surface area contributed by atoms with Crippen LogP contribution in [0.4, 0.5) is 0 Å². The fourth-order valence-corrected chi connectivity index (χ4v) is 3.91. The highest BCUT2D eigenvalue weighted by Gasteiger charge is 2.42. The van der Waals surface area contributed by atoms with Crippen molar-refractivity contribution in [3.63, 3.8) is 0 Å². The zero-order valence-corrected chi connectivity index (χ0v) is 19.7. The summed E-state index contributed by atoms with van der Waals surface area (Å²) in [4.78, 5) is 50.7. The lowest BCUT2D eigenvalue weighted by atomic mass is 9.91. The number of aromatic hydroxyl groups is 1. The van der Waals surface area contributed by atoms with Gasteiger partial charge in [0, 0.05) is 0 Å². The Hall–Kier alpha value is -3.47. The van der Waals surface area contributed by atoms with Gasteiger partial charge in [-0.05, 0) is 30.4 Å². The smallest absolute Gasteiger partial charge is 0.332 e. The van der Waals surface area contributed by atoms with E-state index in [1.54, 1.807) is 13.8 Å². The van der Waals surface area contributed by atoms with Crippen LogP contribution in [0, 0.1) is 11.8 Å². The summed E-state index contributed by atoms with van der Waals surface area (Å²) in [5.41, 5.74) is 0.541. The minimum absolute atomic E-state index is 0.182. The fourth-order valence-electron chi connectivity index (χ4n) is 3.37. The van der Waals surface area contributed by atoms with Crippen LogP contribution in [0.5, 0.6) is 5.75 Å². The molecule has 10 nitrogen and oxygen atoms in total. The molecular formula is C23H26N2O8S. The van der Waals surface area contributed by atoms with Crippen molar-refractivity contribution in [1.82, 2.24) is 9.69 Å². The van der Waals surface area contributed by atoms with Gasteiger partial charge in [-0.2, -0.15) is 4.37 Å². The van der Waals surface area contributed by atoms with E-state index in [0.717, 1.165) is 17.1 Å². The average Bonchev–Trinajstić information content (AvgIpc) is 3.25. The Labute approximate surface area is 200 Å². The van der Waals surface area contributed by atoms with Gasteiger partial charge in [0.1, 0.15) is 18.6 Å². The van der Waals surface area contributed by atoms with Crippen molar-refractivity contribution in [2.45, 2.75) is 45.4 Å². The van der Waals surface area contributed by atoms with Crippen molar-refractivity contribution < 1.29 is 38.5 Å². The van der Waals surface area contributed by atoms with Gasteiger partial charge in [-0.1, -0.05) is 44.2 Å². The van der Waals surface area contributed by atoms with Crippen LogP contribution < -0.4 is 5.32 Å². The highest BCUT2D eigenvalue weighted by Crippen LogP contribution is 2.25. The maximum atomic E-state index is 13.1. The van der Waals surface area contributed by atoms with Crippen molar-refractivity contribution in [1.29, 1.82) is 0 Å². The number of hydrogen-bond donors (Lipinski definition) is 2. The summed E-state index contributed by atoms with van der Waals surface area (Å²) >= 11 is 0.867. The number of esters is 3. The number of nitrogens with one attached hydrogen (secondary N) is 1. The van der Waals surface area contributed by atoms with E-state index in [-0.39, 0.29) is 17.9 Å². The second kappa shape index (κ2) is 11.1. The number of benzene rings is 1. The molecule has 2 N–H and O–H groups in total. The average molecular weight is 491 g/mol. The zero-order chi connectivity index (χ0) is 24.8. The lowest BCUT2D eigenvalue weighted by molar-refractivity contribution is -0.176. The molecule has 3 rings (SSSR count). The summed E-state index contributed by atoms with van der Waals surface area (Å²) in [6.45, 7) is 4.31. The molecule has 4 atom stereocenters. The molecule has 2 aromatic rings. The monoisotopic (exact) mass is 490 g/mol. The number of nitrogens with zero attached hydrogens (tertiary/aromatic N) is 1. The summed E-state index contributed by atoms with van der Waals surface area (Å²) in [6.07, 6.45) is -1.94. The SMILES string of the molecule is CC(C)C(=O)O[C@H]1[C@H](C)OC(=O)[C@@H](NC(=O)c2nscc2O)COC(=O)[C@@H]1Cc1ccccc1. The summed E-state index contributed by atoms with van der Waals surface area (Å²) in [7, 11) is 0. The molecule has 0 saturated carbocycles. The van der Waals surface area contributed by atoms with Gasteiger partial charge in [0.05, 0.1) is 11.3 Å². The van der Waals surface area contributed by atoms with Crippen LogP contribution in [0.15, 0.2) is 35.7 Å². The van der Waals surface area contributed by atoms with Gasteiger partial charge in [0.15, 0.2) is 23.6 Å². The molecule has 2 heterocycles. The molecule has 1 aliphatic heterocycles. The third kappa shape index (κ3) is 6.10. The molecule has 1 aromatic heterocycles. The molecule has 0 unspecified atom stereocenters. The van der Waals surface area contributed by atoms with Crippen molar-refractivity contribution in [3.8, 4) is 5.75 Å². The van der Waals surface area contributed by atoms with Crippen LogP contribution in [0.25, 0.3) is 0 Å². The van der Waals surface area contributed by atoms with Gasteiger partial charge >= 0.3 is 17.9 Å². The molecule has 182 valence electrons. The molecule has 1 amide bonds. The lowest BCUT2D eigenvalue weighted by Crippen LogP contribution is -2.46. The van der Waals surface area contributed by atoms with Gasteiger partial charge in [0.2, 0.25) is 0 Å². The third-order valence-corrected chi connectivity index (χ3v) is 5.85. The van der Waals surface area contributed by atoms with Crippen LogP contribution in [-0.4, -0.2) is 58.2 Å². The molecular weight excluding hydrogens is 464 g/mol. The Kier molecular flexibility index (Phi) is 8.21. The summed E-state index contributed by atoms with van der Waals surface area (Å²) < 4.78 is 20.3. The predicted octanol–water partition coefficient (Wildman–Crippen LogP) is 1.86. The van der Waals surface area contributed by atoms with Crippen molar-refractivity contribution in [2.75, 3.05) is 6.61 Å². The van der Waals surface area contributed by atoms with Crippen molar-refractivity contribution in [2.24, 2.45) is 11.8 Å². The molecule has 1 fully saturated rings. The van der Waals surface area contributed by atoms with E-state index in [2.05, 4.69) is 9.69 Å². The minimum atomic E-state index is -1.35. The van der Waals surface area contributed by atoms with E-state index < -0.39 is 60.5 Å².